The topological polar surface area (TPSA) is 9.23 Å². The van der Waals surface area contributed by atoms with Crippen LogP contribution in [0.3, 0.4) is 0 Å². The molecular formula is C12H15BrO. The first-order valence-corrected chi connectivity index (χ1v) is 5.84. The summed E-state index contributed by atoms with van der Waals surface area (Å²) in [7, 11) is 0. The molecule has 0 unspecified atom stereocenters. The zero-order chi connectivity index (χ0) is 10.2. The van der Waals surface area contributed by atoms with Gasteiger partial charge in [-0.05, 0) is 23.6 Å². The van der Waals surface area contributed by atoms with Gasteiger partial charge >= 0.3 is 0 Å². The highest BCUT2D eigenvalue weighted by Gasteiger charge is 1.93. The van der Waals surface area contributed by atoms with Crippen molar-refractivity contribution in [1.82, 2.24) is 0 Å². The van der Waals surface area contributed by atoms with Crippen molar-refractivity contribution in [2.45, 2.75) is 13.0 Å². The van der Waals surface area contributed by atoms with E-state index in [4.69, 9.17) is 4.74 Å². The molecule has 1 nitrogen and oxygen atoms in total. The lowest BCUT2D eigenvalue weighted by molar-refractivity contribution is 0.122. The van der Waals surface area contributed by atoms with E-state index in [1.165, 1.54) is 5.56 Å². The summed E-state index contributed by atoms with van der Waals surface area (Å²) >= 11 is 3.37. The maximum Gasteiger partial charge on any atom is 0.0717 e. The minimum Gasteiger partial charge on any atom is -0.377 e. The summed E-state index contributed by atoms with van der Waals surface area (Å²) in [6, 6.07) is 8.23. The van der Waals surface area contributed by atoms with E-state index in [9.17, 15) is 0 Å². The average Bonchev–Trinajstić information content (AvgIpc) is 2.25. The quantitative estimate of drug-likeness (QED) is 0.557. The van der Waals surface area contributed by atoms with Crippen LogP contribution in [0.15, 0.2) is 30.8 Å². The fraction of sp³-hybridized carbons (Fsp3) is 0.333. The van der Waals surface area contributed by atoms with E-state index in [1.54, 1.807) is 0 Å². The van der Waals surface area contributed by atoms with Crippen LogP contribution in [-0.2, 0) is 11.3 Å². The minimum absolute atomic E-state index is 0.689. The Morgan fingerprint density at radius 2 is 2.29 bits per heavy atom. The Labute approximate surface area is 93.9 Å². The third-order valence-corrected chi connectivity index (χ3v) is 2.44. The zero-order valence-corrected chi connectivity index (χ0v) is 9.79. The van der Waals surface area contributed by atoms with Crippen molar-refractivity contribution in [1.29, 1.82) is 0 Å². The standard InChI is InChI=1S/C12H15BrO/c1-2-11-5-3-6-12(9-11)10-14-8-4-7-13/h2-3,5-6,9H,1,4,7-8,10H2. The summed E-state index contributed by atoms with van der Waals surface area (Å²) in [5.41, 5.74) is 2.35. The molecule has 1 aromatic carbocycles. The zero-order valence-electron chi connectivity index (χ0n) is 8.21. The van der Waals surface area contributed by atoms with Gasteiger partial charge in [0.1, 0.15) is 0 Å². The molecule has 0 aliphatic rings. The molecule has 0 N–H and O–H groups in total. The van der Waals surface area contributed by atoms with Crippen LogP contribution in [0.4, 0.5) is 0 Å². The fourth-order valence-electron chi connectivity index (χ4n) is 1.16. The highest BCUT2D eigenvalue weighted by molar-refractivity contribution is 9.09. The van der Waals surface area contributed by atoms with Gasteiger partial charge in [-0.15, -0.1) is 0 Å². The van der Waals surface area contributed by atoms with Crippen molar-refractivity contribution in [2.75, 3.05) is 11.9 Å². The smallest absolute Gasteiger partial charge is 0.0717 e. The molecule has 1 rings (SSSR count). The van der Waals surface area contributed by atoms with E-state index in [1.807, 2.05) is 18.2 Å². The maximum atomic E-state index is 5.50. The number of ether oxygens (including phenoxy) is 1. The Kier molecular flexibility index (Phi) is 5.57. The normalized spacial score (nSPS) is 10.1. The molecule has 0 aliphatic heterocycles. The van der Waals surface area contributed by atoms with E-state index in [0.29, 0.717) is 6.61 Å². The highest BCUT2D eigenvalue weighted by Crippen LogP contribution is 2.07. The Morgan fingerprint density at radius 1 is 1.43 bits per heavy atom. The van der Waals surface area contributed by atoms with E-state index in [0.717, 1.165) is 23.9 Å². The van der Waals surface area contributed by atoms with Crippen LogP contribution in [0.5, 0.6) is 0 Å². The Bertz CT molecular complexity index is 283. The van der Waals surface area contributed by atoms with Crippen LogP contribution in [0.1, 0.15) is 17.5 Å². The number of benzene rings is 1. The van der Waals surface area contributed by atoms with E-state index in [-0.39, 0.29) is 0 Å². The molecule has 2 heteroatoms. The van der Waals surface area contributed by atoms with E-state index >= 15 is 0 Å². The average molecular weight is 255 g/mol. The summed E-state index contributed by atoms with van der Waals surface area (Å²) in [5, 5.41) is 1.000. The summed E-state index contributed by atoms with van der Waals surface area (Å²) in [6.07, 6.45) is 2.91. The van der Waals surface area contributed by atoms with Crippen LogP contribution in [0, 0.1) is 0 Å². The number of hydrogen-bond acceptors (Lipinski definition) is 1. The maximum absolute atomic E-state index is 5.50. The van der Waals surface area contributed by atoms with Gasteiger partial charge in [0.2, 0.25) is 0 Å². The lowest BCUT2D eigenvalue weighted by Gasteiger charge is -2.03. The van der Waals surface area contributed by atoms with Gasteiger partial charge in [0.15, 0.2) is 0 Å². The molecular weight excluding hydrogens is 240 g/mol. The van der Waals surface area contributed by atoms with Gasteiger partial charge in [0, 0.05) is 11.9 Å². The molecule has 0 saturated heterocycles. The number of rotatable bonds is 6. The number of alkyl halides is 1. The van der Waals surface area contributed by atoms with Crippen molar-refractivity contribution in [3.05, 3.63) is 42.0 Å². The molecule has 14 heavy (non-hydrogen) atoms. The van der Waals surface area contributed by atoms with Crippen LogP contribution >= 0.6 is 15.9 Å². The SMILES string of the molecule is C=Cc1cccc(COCCCBr)c1. The van der Waals surface area contributed by atoms with Crippen LogP contribution < -0.4 is 0 Å². The molecule has 0 saturated carbocycles. The number of hydrogen-bond donors (Lipinski definition) is 0. The molecule has 0 fully saturated rings. The van der Waals surface area contributed by atoms with Crippen molar-refractivity contribution in [3.63, 3.8) is 0 Å². The molecule has 0 aromatic heterocycles. The van der Waals surface area contributed by atoms with Crippen LogP contribution in [0.25, 0.3) is 6.08 Å². The highest BCUT2D eigenvalue weighted by atomic mass is 79.9. The Hall–Kier alpha value is -0.600. The summed E-state index contributed by atoms with van der Waals surface area (Å²) in [5.74, 6) is 0. The van der Waals surface area contributed by atoms with Crippen molar-refractivity contribution < 1.29 is 4.74 Å². The first-order valence-electron chi connectivity index (χ1n) is 4.72. The molecule has 0 amide bonds. The van der Waals surface area contributed by atoms with Gasteiger partial charge in [0.25, 0.3) is 0 Å². The first kappa shape index (κ1) is 11.5. The van der Waals surface area contributed by atoms with Gasteiger partial charge < -0.3 is 4.74 Å². The second-order valence-corrected chi connectivity index (χ2v) is 3.84. The van der Waals surface area contributed by atoms with E-state index < -0.39 is 0 Å². The van der Waals surface area contributed by atoms with Crippen molar-refractivity contribution >= 4 is 22.0 Å². The van der Waals surface area contributed by atoms with E-state index in [2.05, 4.69) is 34.6 Å². The second kappa shape index (κ2) is 6.80. The van der Waals surface area contributed by atoms with Crippen LogP contribution in [0.2, 0.25) is 0 Å². The van der Waals surface area contributed by atoms with Gasteiger partial charge in [-0.3, -0.25) is 0 Å². The number of halogens is 1. The van der Waals surface area contributed by atoms with Gasteiger partial charge in [-0.25, -0.2) is 0 Å². The largest absolute Gasteiger partial charge is 0.377 e. The monoisotopic (exact) mass is 254 g/mol. The first-order chi connectivity index (χ1) is 6.86. The molecule has 0 atom stereocenters. The summed E-state index contributed by atoms with van der Waals surface area (Å²) < 4.78 is 5.50. The fourth-order valence-corrected chi connectivity index (χ4v) is 1.39. The second-order valence-electron chi connectivity index (χ2n) is 3.04. The molecule has 0 aliphatic carbocycles. The third-order valence-electron chi connectivity index (χ3n) is 1.88. The minimum atomic E-state index is 0.689. The molecule has 1 aromatic rings. The molecule has 0 bridgehead atoms. The molecule has 0 radical (unpaired) electrons. The molecule has 76 valence electrons. The lowest BCUT2D eigenvalue weighted by atomic mass is 10.1. The Morgan fingerprint density at radius 3 is 3.00 bits per heavy atom. The molecule has 0 spiro atoms. The Balaban J connectivity index is 2.38. The van der Waals surface area contributed by atoms with Crippen LogP contribution in [-0.4, -0.2) is 11.9 Å². The van der Waals surface area contributed by atoms with Gasteiger partial charge in [0.05, 0.1) is 6.61 Å². The summed E-state index contributed by atoms with van der Waals surface area (Å²) in [4.78, 5) is 0. The van der Waals surface area contributed by atoms with Gasteiger partial charge in [-0.2, -0.15) is 0 Å². The molecule has 0 heterocycles. The van der Waals surface area contributed by atoms with Crippen molar-refractivity contribution in [3.8, 4) is 0 Å². The lowest BCUT2D eigenvalue weighted by Crippen LogP contribution is -1.95. The summed E-state index contributed by atoms with van der Waals surface area (Å²) in [6.45, 7) is 5.23. The predicted octanol–water partition coefficient (Wildman–Crippen LogP) is 3.63. The van der Waals surface area contributed by atoms with Crippen molar-refractivity contribution in [2.24, 2.45) is 0 Å². The predicted molar refractivity (Wildman–Crippen MR) is 64.6 cm³/mol. The van der Waals surface area contributed by atoms with Gasteiger partial charge in [-0.1, -0.05) is 46.8 Å². The third kappa shape index (κ3) is 4.07.